The summed E-state index contributed by atoms with van der Waals surface area (Å²) in [4.78, 5) is 20.6. The van der Waals surface area contributed by atoms with Crippen molar-refractivity contribution < 1.29 is 17.6 Å². The number of sulfone groups is 1. The summed E-state index contributed by atoms with van der Waals surface area (Å²) in [5, 5.41) is 0.846. The first kappa shape index (κ1) is 21.6. The van der Waals surface area contributed by atoms with Crippen LogP contribution in [0.4, 0.5) is 9.52 Å². The smallest absolute Gasteiger partial charge is 0.244 e. The van der Waals surface area contributed by atoms with Gasteiger partial charge in [0.1, 0.15) is 17.1 Å². The highest BCUT2D eigenvalue weighted by molar-refractivity contribution is 7.92. The van der Waals surface area contributed by atoms with Crippen LogP contribution in [0.1, 0.15) is 0 Å². The topological polar surface area (TPSA) is 70.6 Å². The van der Waals surface area contributed by atoms with E-state index in [1.165, 1.54) is 16.2 Å². The second-order valence-electron chi connectivity index (χ2n) is 6.64. The molecule has 154 valence electrons. The van der Waals surface area contributed by atoms with Gasteiger partial charge >= 0.3 is 0 Å². The maximum atomic E-state index is 13.1. The summed E-state index contributed by atoms with van der Waals surface area (Å²) in [6.07, 6.45) is 0. The lowest BCUT2D eigenvalue weighted by Gasteiger charge is -2.22. The number of likely N-dealkylation sites (N-methyl/N-ethyl adjacent to an activating group) is 1. The summed E-state index contributed by atoms with van der Waals surface area (Å²) in [5.74, 6) is -1.89. The minimum absolute atomic E-state index is 0.104. The third kappa shape index (κ3) is 5.11. The number of benzene rings is 2. The summed E-state index contributed by atoms with van der Waals surface area (Å²) in [6, 6.07) is 9.74. The summed E-state index contributed by atoms with van der Waals surface area (Å²) in [5.41, 5.74) is 0.568. The summed E-state index contributed by atoms with van der Waals surface area (Å²) in [6.45, 7) is 0.786. The number of hydrogen-bond donors (Lipinski definition) is 0. The largest absolute Gasteiger partial charge is 0.308 e. The standard InChI is InChI=1S/C19H19ClFN3O3S2/c1-23(2)10-11-24(19-22-18-15(20)4-3-5-16(18)28-19)17(25)12-29(26,27)14-8-6-13(21)7-9-14/h3-9H,10-12H2,1-2H3. The van der Waals surface area contributed by atoms with Crippen LogP contribution in [0.25, 0.3) is 10.2 Å². The second kappa shape index (κ2) is 8.74. The molecule has 3 aromatic rings. The number of amides is 1. The Morgan fingerprint density at radius 2 is 1.83 bits per heavy atom. The number of hydrogen-bond acceptors (Lipinski definition) is 6. The summed E-state index contributed by atoms with van der Waals surface area (Å²) < 4.78 is 39.2. The fourth-order valence-corrected chi connectivity index (χ4v) is 5.12. The third-order valence-electron chi connectivity index (χ3n) is 4.15. The van der Waals surface area contributed by atoms with Crippen LogP contribution in [0.3, 0.4) is 0 Å². The zero-order chi connectivity index (χ0) is 21.2. The first-order chi connectivity index (χ1) is 13.7. The molecule has 0 unspecified atom stereocenters. The quantitative estimate of drug-likeness (QED) is 0.510. The molecule has 29 heavy (non-hydrogen) atoms. The molecule has 1 amide bonds. The number of fused-ring (bicyclic) bond motifs is 1. The van der Waals surface area contributed by atoms with Crippen LogP contribution in [-0.2, 0) is 14.6 Å². The van der Waals surface area contributed by atoms with Crippen LogP contribution in [-0.4, -0.2) is 57.1 Å². The van der Waals surface area contributed by atoms with Crippen LogP contribution in [0.5, 0.6) is 0 Å². The molecule has 6 nitrogen and oxygen atoms in total. The van der Waals surface area contributed by atoms with Gasteiger partial charge in [0.15, 0.2) is 15.0 Å². The lowest BCUT2D eigenvalue weighted by molar-refractivity contribution is -0.116. The molecule has 0 aliphatic carbocycles. The number of para-hydroxylation sites is 1. The zero-order valence-electron chi connectivity index (χ0n) is 15.8. The van der Waals surface area contributed by atoms with Crippen LogP contribution in [0, 0.1) is 5.82 Å². The van der Waals surface area contributed by atoms with E-state index in [1.54, 1.807) is 12.1 Å². The van der Waals surface area contributed by atoms with Crippen LogP contribution < -0.4 is 4.90 Å². The van der Waals surface area contributed by atoms with Crippen molar-refractivity contribution >= 4 is 54.0 Å². The zero-order valence-corrected chi connectivity index (χ0v) is 18.2. The average Bonchev–Trinajstić information content (AvgIpc) is 3.07. The fourth-order valence-electron chi connectivity index (χ4n) is 2.61. The molecule has 1 heterocycles. The Bertz CT molecular complexity index is 1130. The average molecular weight is 456 g/mol. The molecule has 0 fully saturated rings. The van der Waals surface area contributed by atoms with E-state index in [2.05, 4.69) is 4.98 Å². The van der Waals surface area contributed by atoms with E-state index < -0.39 is 27.3 Å². The Kier molecular flexibility index (Phi) is 6.52. The molecule has 3 rings (SSSR count). The predicted molar refractivity (Wildman–Crippen MR) is 114 cm³/mol. The lowest BCUT2D eigenvalue weighted by Crippen LogP contribution is -2.40. The van der Waals surface area contributed by atoms with E-state index >= 15 is 0 Å². The van der Waals surface area contributed by atoms with E-state index in [1.807, 2.05) is 25.1 Å². The number of carbonyl (C=O) groups is 1. The fraction of sp³-hybridized carbons (Fsp3) is 0.263. The number of halogens is 2. The van der Waals surface area contributed by atoms with Crippen LogP contribution in [0.15, 0.2) is 47.4 Å². The summed E-state index contributed by atoms with van der Waals surface area (Å²) >= 11 is 7.46. The molecular weight excluding hydrogens is 437 g/mol. The Hall–Kier alpha value is -2.07. The monoisotopic (exact) mass is 455 g/mol. The molecule has 0 N–H and O–H groups in total. The van der Waals surface area contributed by atoms with Gasteiger partial charge in [0.05, 0.1) is 14.6 Å². The predicted octanol–water partition coefficient (Wildman–Crippen LogP) is 3.46. The van der Waals surface area contributed by atoms with Gasteiger partial charge in [-0.1, -0.05) is 29.0 Å². The molecule has 2 aromatic carbocycles. The van der Waals surface area contributed by atoms with Gasteiger partial charge in [-0.15, -0.1) is 0 Å². The first-order valence-electron chi connectivity index (χ1n) is 8.66. The van der Waals surface area contributed by atoms with Crippen molar-refractivity contribution in [1.29, 1.82) is 0 Å². The van der Waals surface area contributed by atoms with Gasteiger partial charge in [-0.25, -0.2) is 17.8 Å². The maximum absolute atomic E-state index is 13.1. The van der Waals surface area contributed by atoms with Gasteiger partial charge in [0.2, 0.25) is 5.91 Å². The SMILES string of the molecule is CN(C)CCN(C(=O)CS(=O)(=O)c1ccc(F)cc1)c1nc2c(Cl)cccc2s1. The number of carbonyl (C=O) groups excluding carboxylic acids is 1. The van der Waals surface area contributed by atoms with Gasteiger partial charge in [-0.2, -0.15) is 0 Å². The molecule has 0 saturated carbocycles. The van der Waals surface area contributed by atoms with Crippen molar-refractivity contribution in [2.75, 3.05) is 37.8 Å². The van der Waals surface area contributed by atoms with E-state index in [0.29, 0.717) is 22.2 Å². The molecule has 0 bridgehead atoms. The van der Waals surface area contributed by atoms with E-state index in [0.717, 1.165) is 29.0 Å². The molecule has 0 saturated heterocycles. The first-order valence-corrected chi connectivity index (χ1v) is 11.5. The van der Waals surface area contributed by atoms with Gasteiger partial charge in [0, 0.05) is 13.1 Å². The molecule has 0 radical (unpaired) electrons. The highest BCUT2D eigenvalue weighted by Crippen LogP contribution is 2.33. The number of anilines is 1. The van der Waals surface area contributed by atoms with Crippen LogP contribution in [0.2, 0.25) is 5.02 Å². The molecule has 0 atom stereocenters. The molecular formula is C19H19ClFN3O3S2. The molecule has 0 aliphatic rings. The van der Waals surface area contributed by atoms with Gasteiger partial charge in [0.25, 0.3) is 0 Å². The molecule has 0 spiro atoms. The number of thiazole rings is 1. The third-order valence-corrected chi connectivity index (χ3v) is 7.11. The van der Waals surface area contributed by atoms with Gasteiger partial charge in [-0.3, -0.25) is 9.69 Å². The van der Waals surface area contributed by atoms with E-state index in [4.69, 9.17) is 11.6 Å². The Balaban J connectivity index is 1.92. The number of rotatable bonds is 7. The Labute approximate surface area is 177 Å². The molecule has 1 aromatic heterocycles. The van der Waals surface area contributed by atoms with Crippen molar-refractivity contribution in [3.63, 3.8) is 0 Å². The second-order valence-corrected chi connectivity index (χ2v) is 10.1. The Morgan fingerprint density at radius 3 is 2.45 bits per heavy atom. The van der Waals surface area contributed by atoms with E-state index in [9.17, 15) is 17.6 Å². The van der Waals surface area contributed by atoms with Crippen molar-refractivity contribution in [3.8, 4) is 0 Å². The number of nitrogens with zero attached hydrogens (tertiary/aromatic N) is 3. The van der Waals surface area contributed by atoms with Gasteiger partial charge < -0.3 is 4.90 Å². The normalized spacial score (nSPS) is 11.9. The minimum atomic E-state index is -3.93. The minimum Gasteiger partial charge on any atom is -0.308 e. The van der Waals surface area contributed by atoms with Crippen molar-refractivity contribution in [3.05, 3.63) is 53.3 Å². The highest BCUT2D eigenvalue weighted by atomic mass is 35.5. The van der Waals surface area contributed by atoms with Crippen LogP contribution >= 0.6 is 22.9 Å². The molecule has 10 heteroatoms. The Morgan fingerprint density at radius 1 is 1.14 bits per heavy atom. The van der Waals surface area contributed by atoms with Crippen molar-refractivity contribution in [1.82, 2.24) is 9.88 Å². The van der Waals surface area contributed by atoms with E-state index in [-0.39, 0.29) is 11.4 Å². The summed E-state index contributed by atoms with van der Waals surface area (Å²) in [7, 11) is -0.218. The lowest BCUT2D eigenvalue weighted by atomic mass is 10.3. The maximum Gasteiger partial charge on any atom is 0.244 e. The number of aromatic nitrogens is 1. The van der Waals surface area contributed by atoms with Crippen molar-refractivity contribution in [2.45, 2.75) is 4.90 Å². The van der Waals surface area contributed by atoms with Crippen molar-refractivity contribution in [2.24, 2.45) is 0 Å². The highest BCUT2D eigenvalue weighted by Gasteiger charge is 2.27. The van der Waals surface area contributed by atoms with Gasteiger partial charge in [-0.05, 0) is 50.5 Å². The molecule has 0 aliphatic heterocycles.